The van der Waals surface area contributed by atoms with Gasteiger partial charge in [0.15, 0.2) is 16.4 Å². The number of ether oxygens (including phenoxy) is 1. The Morgan fingerprint density at radius 3 is 2.21 bits per heavy atom. The first-order valence-electron chi connectivity index (χ1n) is 8.76. The molecule has 0 aliphatic carbocycles. The second-order valence-corrected chi connectivity index (χ2v) is 8.55. The normalized spacial score (nSPS) is 10.9. The largest absolute Gasteiger partial charge is 0.452 e. The lowest BCUT2D eigenvalue weighted by atomic mass is 10.2. The average molecular weight is 418 g/mol. The number of anilines is 1. The summed E-state index contributed by atoms with van der Waals surface area (Å²) in [5.74, 6) is -1.83. The zero-order valence-corrected chi connectivity index (χ0v) is 17.2. The number of hydrogen-bond acceptors (Lipinski definition) is 6. The van der Waals surface area contributed by atoms with Gasteiger partial charge in [0.1, 0.15) is 0 Å². The summed E-state index contributed by atoms with van der Waals surface area (Å²) >= 11 is 0. The van der Waals surface area contributed by atoms with Crippen molar-refractivity contribution < 1.29 is 27.5 Å². The predicted octanol–water partition coefficient (Wildman–Crippen LogP) is 1.98. The van der Waals surface area contributed by atoms with Crippen LogP contribution in [0.3, 0.4) is 0 Å². The van der Waals surface area contributed by atoms with Crippen LogP contribution in [-0.2, 0) is 19.4 Å². The Bertz CT molecular complexity index is 1010. The summed E-state index contributed by atoms with van der Waals surface area (Å²) in [7, 11) is -0.340. The molecule has 0 aliphatic heterocycles. The number of hydrogen-bond donors (Lipinski definition) is 1. The molecule has 29 heavy (non-hydrogen) atoms. The highest BCUT2D eigenvalue weighted by Crippen LogP contribution is 2.18. The van der Waals surface area contributed by atoms with Gasteiger partial charge in [0.2, 0.25) is 0 Å². The van der Waals surface area contributed by atoms with Crippen LogP contribution in [0.1, 0.15) is 27.6 Å². The van der Waals surface area contributed by atoms with E-state index >= 15 is 0 Å². The van der Waals surface area contributed by atoms with E-state index in [1.54, 1.807) is 38.4 Å². The molecule has 0 spiro atoms. The first-order valence-corrected chi connectivity index (χ1v) is 10.4. The molecule has 0 saturated carbocycles. The van der Waals surface area contributed by atoms with E-state index in [0.717, 1.165) is 0 Å². The lowest BCUT2D eigenvalue weighted by Gasteiger charge is -2.11. The highest BCUT2D eigenvalue weighted by molar-refractivity contribution is 7.91. The number of carbonyl (C=O) groups is 3. The third-order valence-electron chi connectivity index (χ3n) is 3.98. The highest BCUT2D eigenvalue weighted by Gasteiger charge is 2.22. The second-order valence-electron chi connectivity index (χ2n) is 6.30. The molecular weight excluding hydrogens is 396 g/mol. The number of nitrogens with one attached hydrogen (secondary N) is 1. The summed E-state index contributed by atoms with van der Waals surface area (Å²) in [4.78, 5) is 37.4. The van der Waals surface area contributed by atoms with Gasteiger partial charge in [-0.1, -0.05) is 19.1 Å². The molecule has 0 heterocycles. The van der Waals surface area contributed by atoms with Crippen LogP contribution in [0.15, 0.2) is 53.4 Å². The molecule has 2 amide bonds. The van der Waals surface area contributed by atoms with Crippen molar-refractivity contribution in [1.82, 2.24) is 4.90 Å². The summed E-state index contributed by atoms with van der Waals surface area (Å²) in [6.45, 7) is 0.889. The highest BCUT2D eigenvalue weighted by atomic mass is 32.2. The number of amides is 2. The quantitative estimate of drug-likeness (QED) is 0.689. The van der Waals surface area contributed by atoms with Crippen LogP contribution in [0.5, 0.6) is 0 Å². The fourth-order valence-electron chi connectivity index (χ4n) is 2.42. The zero-order valence-electron chi connectivity index (χ0n) is 16.3. The van der Waals surface area contributed by atoms with Crippen LogP contribution in [-0.4, -0.2) is 57.6 Å². The number of benzene rings is 2. The lowest BCUT2D eigenvalue weighted by Crippen LogP contribution is -2.23. The van der Waals surface area contributed by atoms with Crippen molar-refractivity contribution in [3.63, 3.8) is 0 Å². The SMILES string of the molecule is CCS(=O)(=O)c1ccccc1C(=O)OCC(=O)Nc1ccc(C(=O)N(C)C)cc1. The molecule has 2 aromatic carbocycles. The van der Waals surface area contributed by atoms with E-state index in [0.29, 0.717) is 11.3 Å². The Labute approximate surface area is 169 Å². The summed E-state index contributed by atoms with van der Waals surface area (Å²) in [5, 5.41) is 2.54. The number of sulfone groups is 1. The van der Waals surface area contributed by atoms with E-state index in [1.165, 1.54) is 36.1 Å². The van der Waals surface area contributed by atoms with Crippen LogP contribution in [0.2, 0.25) is 0 Å². The van der Waals surface area contributed by atoms with Gasteiger partial charge in [0.25, 0.3) is 11.8 Å². The number of rotatable bonds is 7. The fraction of sp³-hybridized carbons (Fsp3) is 0.250. The molecule has 2 rings (SSSR count). The van der Waals surface area contributed by atoms with Crippen molar-refractivity contribution in [1.29, 1.82) is 0 Å². The fourth-order valence-corrected chi connectivity index (χ4v) is 3.51. The first-order chi connectivity index (χ1) is 13.7. The van der Waals surface area contributed by atoms with Gasteiger partial charge in [-0.2, -0.15) is 0 Å². The molecule has 2 aromatic rings. The minimum Gasteiger partial charge on any atom is -0.452 e. The van der Waals surface area contributed by atoms with Gasteiger partial charge < -0.3 is 15.0 Å². The van der Waals surface area contributed by atoms with Gasteiger partial charge in [-0.15, -0.1) is 0 Å². The standard InChI is InChI=1S/C20H22N2O6S/c1-4-29(26,27)17-8-6-5-7-16(17)20(25)28-13-18(23)21-15-11-9-14(10-12-15)19(24)22(2)3/h5-12H,4,13H2,1-3H3,(H,21,23). The maximum absolute atomic E-state index is 12.3. The van der Waals surface area contributed by atoms with Gasteiger partial charge >= 0.3 is 5.97 Å². The molecule has 0 bridgehead atoms. The molecule has 8 nitrogen and oxygen atoms in total. The van der Waals surface area contributed by atoms with Gasteiger partial charge in [0.05, 0.1) is 16.2 Å². The van der Waals surface area contributed by atoms with Crippen molar-refractivity contribution in [3.8, 4) is 0 Å². The maximum Gasteiger partial charge on any atom is 0.339 e. The van der Waals surface area contributed by atoms with Gasteiger partial charge in [-0.25, -0.2) is 13.2 Å². The minimum absolute atomic E-state index is 0.117. The number of nitrogens with zero attached hydrogens (tertiary/aromatic N) is 1. The van der Waals surface area contributed by atoms with E-state index in [2.05, 4.69) is 5.32 Å². The molecule has 0 unspecified atom stereocenters. The van der Waals surface area contributed by atoms with E-state index in [-0.39, 0.29) is 22.1 Å². The van der Waals surface area contributed by atoms with Crippen LogP contribution < -0.4 is 5.32 Å². The van der Waals surface area contributed by atoms with E-state index in [9.17, 15) is 22.8 Å². The van der Waals surface area contributed by atoms with Crippen molar-refractivity contribution >= 4 is 33.3 Å². The molecule has 0 aliphatic rings. The third kappa shape index (κ3) is 5.64. The predicted molar refractivity (Wildman–Crippen MR) is 108 cm³/mol. The Hall–Kier alpha value is -3.20. The Kier molecular flexibility index (Phi) is 7.11. The Morgan fingerprint density at radius 1 is 1.00 bits per heavy atom. The summed E-state index contributed by atoms with van der Waals surface area (Å²) in [6, 6.07) is 11.9. The van der Waals surface area contributed by atoms with Crippen molar-refractivity contribution in [2.24, 2.45) is 0 Å². The van der Waals surface area contributed by atoms with Crippen LogP contribution in [0.25, 0.3) is 0 Å². The Balaban J connectivity index is 2.00. The molecule has 0 saturated heterocycles. The number of esters is 1. The van der Waals surface area contributed by atoms with Crippen LogP contribution in [0.4, 0.5) is 5.69 Å². The molecule has 0 radical (unpaired) electrons. The summed E-state index contributed by atoms with van der Waals surface area (Å²) in [6.07, 6.45) is 0. The summed E-state index contributed by atoms with van der Waals surface area (Å²) < 4.78 is 29.2. The molecular formula is C20H22N2O6S. The zero-order chi connectivity index (χ0) is 21.6. The van der Waals surface area contributed by atoms with Crippen molar-refractivity contribution in [2.75, 3.05) is 31.8 Å². The smallest absolute Gasteiger partial charge is 0.339 e. The lowest BCUT2D eigenvalue weighted by molar-refractivity contribution is -0.119. The van der Waals surface area contributed by atoms with Gasteiger partial charge in [-0.3, -0.25) is 9.59 Å². The first kappa shape index (κ1) is 22.1. The van der Waals surface area contributed by atoms with E-state index in [1.807, 2.05) is 0 Å². The van der Waals surface area contributed by atoms with Crippen molar-refractivity contribution in [3.05, 3.63) is 59.7 Å². The maximum atomic E-state index is 12.3. The van der Waals surface area contributed by atoms with Gasteiger partial charge in [-0.05, 0) is 36.4 Å². The molecule has 154 valence electrons. The second kappa shape index (κ2) is 9.33. The number of carbonyl (C=O) groups excluding carboxylic acids is 3. The topological polar surface area (TPSA) is 110 Å². The minimum atomic E-state index is -3.61. The monoisotopic (exact) mass is 418 g/mol. The van der Waals surface area contributed by atoms with Gasteiger partial charge in [0, 0.05) is 25.3 Å². The van der Waals surface area contributed by atoms with Crippen molar-refractivity contribution in [2.45, 2.75) is 11.8 Å². The Morgan fingerprint density at radius 2 is 1.62 bits per heavy atom. The molecule has 0 aromatic heterocycles. The average Bonchev–Trinajstić information content (AvgIpc) is 2.72. The van der Waals surface area contributed by atoms with Crippen LogP contribution in [0, 0.1) is 0 Å². The molecule has 0 atom stereocenters. The summed E-state index contributed by atoms with van der Waals surface area (Å²) in [5.41, 5.74) is 0.775. The van der Waals surface area contributed by atoms with E-state index < -0.39 is 28.3 Å². The van der Waals surface area contributed by atoms with E-state index in [4.69, 9.17) is 4.74 Å². The molecule has 9 heteroatoms. The molecule has 1 N–H and O–H groups in total. The van der Waals surface area contributed by atoms with Crippen LogP contribution >= 0.6 is 0 Å². The third-order valence-corrected chi connectivity index (χ3v) is 5.76. The molecule has 0 fully saturated rings.